The van der Waals surface area contributed by atoms with Gasteiger partial charge in [0.25, 0.3) is 5.95 Å². The van der Waals surface area contributed by atoms with Gasteiger partial charge in [0.15, 0.2) is 0 Å². The van der Waals surface area contributed by atoms with Gasteiger partial charge in [0.2, 0.25) is 0 Å². The molecule has 2 aliphatic rings. The maximum Gasteiger partial charge on any atom is 0.306 e. The molecule has 7 aromatic rings. The van der Waals surface area contributed by atoms with E-state index in [2.05, 4.69) is 83.8 Å². The van der Waals surface area contributed by atoms with Crippen LogP contribution in [0.15, 0.2) is 118 Å². The summed E-state index contributed by atoms with van der Waals surface area (Å²) in [5.41, 5.74) is 7.98. The molecule has 0 saturated heterocycles. The molecule has 2 aliphatic heterocycles. The molecule has 0 N–H and O–H groups in total. The number of hydrogen-bond donors (Lipinski definition) is 0. The van der Waals surface area contributed by atoms with Crippen LogP contribution >= 0.6 is 0 Å². The molecule has 0 aliphatic carbocycles. The molecule has 5 aromatic carbocycles. The summed E-state index contributed by atoms with van der Waals surface area (Å²) < 4.78 is 19.6. The van der Waals surface area contributed by atoms with Gasteiger partial charge in [-0.2, -0.15) is 0 Å². The Morgan fingerprint density at radius 2 is 1.41 bits per heavy atom. The first-order valence-corrected chi connectivity index (χ1v) is 12.5. The van der Waals surface area contributed by atoms with Crippen LogP contribution in [0.4, 0.5) is 17.1 Å². The number of benzene rings is 5. The van der Waals surface area contributed by atoms with E-state index in [9.17, 15) is 0 Å². The maximum absolute atomic E-state index is 6.94. The van der Waals surface area contributed by atoms with Crippen LogP contribution in [0.2, 0.25) is 0 Å². The molecule has 0 spiro atoms. The number of anilines is 3. The van der Waals surface area contributed by atoms with Gasteiger partial charge in [-0.25, -0.2) is 0 Å². The molecule has 5 heteroatoms. The molecule has 0 radical (unpaired) electrons. The zero-order valence-electron chi connectivity index (χ0n) is 19.6. The molecular weight excluding hydrogens is 457 g/mol. The lowest BCUT2D eigenvalue weighted by Gasteiger charge is -2.36. The van der Waals surface area contributed by atoms with E-state index < -0.39 is 0 Å². The summed E-state index contributed by atoms with van der Waals surface area (Å²) in [5.74, 6) is 1.34. The topological polar surface area (TPSA) is 38.8 Å². The Morgan fingerprint density at radius 1 is 0.595 bits per heavy atom. The van der Waals surface area contributed by atoms with Crippen LogP contribution in [0, 0.1) is 0 Å². The van der Waals surface area contributed by atoms with Gasteiger partial charge >= 0.3 is 6.71 Å². The Kier molecular flexibility index (Phi) is 3.58. The van der Waals surface area contributed by atoms with Crippen molar-refractivity contribution in [3.8, 4) is 11.7 Å². The van der Waals surface area contributed by atoms with E-state index in [1.54, 1.807) is 0 Å². The Hall–Kier alpha value is -4.90. The predicted octanol–water partition coefficient (Wildman–Crippen LogP) is 6.74. The molecular formula is C32H18BNO3. The number of fused-ring (bicyclic) bond motifs is 10. The zero-order chi connectivity index (χ0) is 24.1. The molecule has 0 amide bonds. The predicted molar refractivity (Wildman–Crippen MR) is 149 cm³/mol. The Bertz CT molecular complexity index is 2040. The van der Waals surface area contributed by atoms with E-state index >= 15 is 0 Å². The first kappa shape index (κ1) is 19.3. The highest BCUT2D eigenvalue weighted by Gasteiger charge is 2.47. The third-order valence-corrected chi connectivity index (χ3v) is 7.74. The van der Waals surface area contributed by atoms with Gasteiger partial charge < -0.3 is 18.5 Å². The molecule has 0 bridgehead atoms. The number of para-hydroxylation sites is 2. The van der Waals surface area contributed by atoms with Crippen LogP contribution in [-0.2, 0) is 0 Å². The fourth-order valence-electron chi connectivity index (χ4n) is 6.23. The van der Waals surface area contributed by atoms with Crippen molar-refractivity contribution in [2.45, 2.75) is 0 Å². The Morgan fingerprint density at radius 3 is 2.32 bits per heavy atom. The summed E-state index contributed by atoms with van der Waals surface area (Å²) in [7, 11) is 0. The summed E-state index contributed by atoms with van der Waals surface area (Å²) >= 11 is 0. The fourth-order valence-corrected chi connectivity index (χ4v) is 6.23. The van der Waals surface area contributed by atoms with Crippen LogP contribution in [-0.4, -0.2) is 6.71 Å². The molecule has 172 valence electrons. The van der Waals surface area contributed by atoms with Crippen LogP contribution in [0.1, 0.15) is 0 Å². The lowest BCUT2D eigenvalue weighted by atomic mass is 9.36. The second-order valence-electron chi connectivity index (χ2n) is 9.67. The van der Waals surface area contributed by atoms with E-state index in [1.807, 2.05) is 30.3 Å². The highest BCUT2D eigenvalue weighted by molar-refractivity contribution is 7.00. The van der Waals surface area contributed by atoms with Crippen molar-refractivity contribution in [1.82, 2.24) is 0 Å². The van der Waals surface area contributed by atoms with E-state index in [0.29, 0.717) is 5.95 Å². The van der Waals surface area contributed by atoms with Gasteiger partial charge in [-0.05, 0) is 41.8 Å². The SMILES string of the molecule is c1ccc(N2c3cccc4c3B(c3oc5c(ccc6ccccc65)c32)c2c(oc3ccccc23)O4)cc1. The molecule has 0 saturated carbocycles. The summed E-state index contributed by atoms with van der Waals surface area (Å²) in [6, 6.07) is 37.7. The van der Waals surface area contributed by atoms with Gasteiger partial charge in [0, 0.05) is 38.5 Å². The van der Waals surface area contributed by atoms with Crippen LogP contribution in [0.5, 0.6) is 11.7 Å². The first-order chi connectivity index (χ1) is 18.4. The third kappa shape index (κ3) is 2.43. The number of ether oxygens (including phenoxy) is 1. The van der Waals surface area contributed by atoms with E-state index in [0.717, 1.165) is 72.1 Å². The molecule has 0 fully saturated rings. The summed E-state index contributed by atoms with van der Waals surface area (Å²) in [5, 5.41) is 4.41. The quantitative estimate of drug-likeness (QED) is 0.247. The molecule has 9 rings (SSSR count). The summed E-state index contributed by atoms with van der Waals surface area (Å²) in [4.78, 5) is 2.32. The van der Waals surface area contributed by atoms with Crippen molar-refractivity contribution >= 4 is 73.1 Å². The van der Waals surface area contributed by atoms with Crippen molar-refractivity contribution < 1.29 is 13.6 Å². The van der Waals surface area contributed by atoms with Crippen LogP contribution < -0.4 is 26.2 Å². The van der Waals surface area contributed by atoms with Crippen molar-refractivity contribution in [2.75, 3.05) is 4.90 Å². The lowest BCUT2D eigenvalue weighted by molar-refractivity contribution is 0.364. The standard InChI is InChI=1S/C32H18BNO3/c1-2-10-20(11-3-1)34-24-14-8-16-26-28(24)33(27-22-13-6-7-15-25(22)35-32(27)36-26)31-29(34)23-18-17-19-9-4-5-12-21(19)30(23)37-31/h1-18H. The van der Waals surface area contributed by atoms with Crippen molar-refractivity contribution in [3.05, 3.63) is 109 Å². The highest BCUT2D eigenvalue weighted by atomic mass is 16.6. The second-order valence-corrected chi connectivity index (χ2v) is 9.67. The minimum Gasteiger partial charge on any atom is -0.467 e. The van der Waals surface area contributed by atoms with Crippen molar-refractivity contribution in [1.29, 1.82) is 0 Å². The smallest absolute Gasteiger partial charge is 0.306 e. The number of rotatable bonds is 1. The number of furan rings is 2. The van der Waals surface area contributed by atoms with Gasteiger partial charge in [0.05, 0.1) is 5.69 Å². The van der Waals surface area contributed by atoms with E-state index in [1.165, 1.54) is 0 Å². The molecule has 2 aromatic heterocycles. The number of nitrogens with zero attached hydrogens (tertiary/aromatic N) is 1. The summed E-state index contributed by atoms with van der Waals surface area (Å²) in [6.45, 7) is -0.153. The maximum atomic E-state index is 6.94. The third-order valence-electron chi connectivity index (χ3n) is 7.74. The lowest BCUT2D eigenvalue weighted by Crippen LogP contribution is -2.58. The molecule has 4 nitrogen and oxygen atoms in total. The minimum atomic E-state index is -0.153. The van der Waals surface area contributed by atoms with E-state index in [-0.39, 0.29) is 6.71 Å². The normalized spacial score (nSPS) is 13.5. The van der Waals surface area contributed by atoms with Gasteiger partial charge in [-0.15, -0.1) is 0 Å². The Balaban J connectivity index is 1.47. The summed E-state index contributed by atoms with van der Waals surface area (Å²) in [6.07, 6.45) is 0. The monoisotopic (exact) mass is 475 g/mol. The van der Waals surface area contributed by atoms with Crippen LogP contribution in [0.3, 0.4) is 0 Å². The zero-order valence-corrected chi connectivity index (χ0v) is 19.6. The van der Waals surface area contributed by atoms with Gasteiger partial charge in [0.1, 0.15) is 22.6 Å². The molecule has 0 atom stereocenters. The van der Waals surface area contributed by atoms with Crippen LogP contribution in [0.25, 0.3) is 32.7 Å². The van der Waals surface area contributed by atoms with Gasteiger partial charge in [-0.3, -0.25) is 0 Å². The molecule has 37 heavy (non-hydrogen) atoms. The average molecular weight is 475 g/mol. The second kappa shape index (κ2) is 6.86. The fraction of sp³-hybridized carbons (Fsp3) is 0. The first-order valence-electron chi connectivity index (χ1n) is 12.5. The average Bonchev–Trinajstić information content (AvgIpc) is 3.52. The largest absolute Gasteiger partial charge is 0.467 e. The van der Waals surface area contributed by atoms with Crippen molar-refractivity contribution in [3.63, 3.8) is 0 Å². The van der Waals surface area contributed by atoms with Gasteiger partial charge in [-0.1, -0.05) is 72.8 Å². The highest BCUT2D eigenvalue weighted by Crippen LogP contribution is 2.46. The molecule has 4 heterocycles. The minimum absolute atomic E-state index is 0.153. The van der Waals surface area contributed by atoms with E-state index in [4.69, 9.17) is 13.6 Å². The number of hydrogen-bond acceptors (Lipinski definition) is 4. The molecule has 0 unspecified atom stereocenters. The van der Waals surface area contributed by atoms with Crippen molar-refractivity contribution in [2.24, 2.45) is 0 Å². The Labute approximate surface area is 212 Å².